The van der Waals surface area contributed by atoms with Gasteiger partial charge in [-0.1, -0.05) is 0 Å². The number of allylic oxidation sites excluding steroid dienone is 1. The number of benzene rings is 1. The molecule has 1 fully saturated rings. The molecule has 6 heteroatoms. The quantitative estimate of drug-likeness (QED) is 0.604. The van der Waals surface area contributed by atoms with Gasteiger partial charge >= 0.3 is 0 Å². The summed E-state index contributed by atoms with van der Waals surface area (Å²) in [6.07, 6.45) is 4.00. The molecular formula is C21H26FN3O2. The topological polar surface area (TPSA) is 82.1 Å². The monoisotopic (exact) mass is 371 g/mol. The van der Waals surface area contributed by atoms with Gasteiger partial charge in [-0.05, 0) is 61.9 Å². The average Bonchev–Trinajstić information content (AvgIpc) is 3.35. The first kappa shape index (κ1) is 19.3. The van der Waals surface area contributed by atoms with Crippen molar-refractivity contribution in [1.82, 2.24) is 10.3 Å². The van der Waals surface area contributed by atoms with Gasteiger partial charge in [0.2, 0.25) is 0 Å². The second-order valence-corrected chi connectivity index (χ2v) is 7.24. The minimum atomic E-state index is -0.839. The van der Waals surface area contributed by atoms with E-state index < -0.39 is 11.9 Å². The van der Waals surface area contributed by atoms with E-state index in [1.807, 2.05) is 6.20 Å². The zero-order valence-corrected chi connectivity index (χ0v) is 16.0. The maximum absolute atomic E-state index is 13.7. The fourth-order valence-electron chi connectivity index (χ4n) is 3.03. The number of nitrogens with zero attached hydrogens (tertiary/aromatic N) is 1. The summed E-state index contributed by atoms with van der Waals surface area (Å²) in [6, 6.07) is 4.27. The number of aliphatic hydroxyl groups excluding tert-OH is 1. The number of aliphatic hydroxyl groups is 1. The zero-order chi connectivity index (χ0) is 19.6. The summed E-state index contributed by atoms with van der Waals surface area (Å²) in [6.45, 7) is 6.02. The van der Waals surface area contributed by atoms with Crippen LogP contribution in [0.15, 0.2) is 34.4 Å². The number of hydrogen-bond acceptors (Lipinski definition) is 5. The van der Waals surface area contributed by atoms with Crippen LogP contribution in [0, 0.1) is 24.1 Å². The van der Waals surface area contributed by atoms with Crippen LogP contribution < -0.4 is 5.32 Å². The van der Waals surface area contributed by atoms with Gasteiger partial charge in [-0.15, -0.1) is 0 Å². The Kier molecular flexibility index (Phi) is 5.75. The molecular weight excluding hydrogens is 345 g/mol. The Morgan fingerprint density at radius 1 is 1.48 bits per heavy atom. The molecule has 144 valence electrons. The molecule has 0 saturated heterocycles. The normalized spacial score (nSPS) is 15.7. The van der Waals surface area contributed by atoms with Crippen LogP contribution in [0.1, 0.15) is 49.9 Å². The van der Waals surface area contributed by atoms with Crippen LogP contribution in [0.25, 0.3) is 11.3 Å². The van der Waals surface area contributed by atoms with Crippen LogP contribution in [0.3, 0.4) is 0 Å². The lowest BCUT2D eigenvalue weighted by Crippen LogP contribution is -2.13. The number of aromatic nitrogens is 1. The smallest absolute Gasteiger partial charge is 0.192 e. The van der Waals surface area contributed by atoms with Crippen molar-refractivity contribution in [2.45, 2.75) is 46.1 Å². The minimum absolute atomic E-state index is 0.410. The first-order valence-electron chi connectivity index (χ1n) is 9.27. The molecule has 1 heterocycles. The van der Waals surface area contributed by atoms with E-state index in [0.29, 0.717) is 40.6 Å². The van der Waals surface area contributed by atoms with Gasteiger partial charge in [0, 0.05) is 37.4 Å². The fraction of sp³-hybridized carbons (Fsp3) is 0.429. The first-order chi connectivity index (χ1) is 12.8. The van der Waals surface area contributed by atoms with Gasteiger partial charge in [-0.3, -0.25) is 0 Å². The summed E-state index contributed by atoms with van der Waals surface area (Å²) in [4.78, 5) is 4.48. The Balaban J connectivity index is 1.92. The van der Waals surface area contributed by atoms with Crippen molar-refractivity contribution in [2.24, 2.45) is 5.92 Å². The van der Waals surface area contributed by atoms with Crippen LogP contribution in [-0.4, -0.2) is 22.3 Å². The van der Waals surface area contributed by atoms with Gasteiger partial charge in [-0.25, -0.2) is 9.37 Å². The SMILES string of the molecule is CC(=N)/C(=C\NCC1CC1)Cc1nc(C)oc1-c1ccc(F)cc1C(C)O. The highest BCUT2D eigenvalue weighted by Crippen LogP contribution is 2.33. The predicted molar refractivity (Wildman–Crippen MR) is 103 cm³/mol. The van der Waals surface area contributed by atoms with Gasteiger partial charge in [0.05, 0.1) is 11.8 Å². The summed E-state index contributed by atoms with van der Waals surface area (Å²) in [5, 5.41) is 21.4. The van der Waals surface area contributed by atoms with Crippen molar-refractivity contribution < 1.29 is 13.9 Å². The van der Waals surface area contributed by atoms with Gasteiger partial charge in [0.25, 0.3) is 0 Å². The van der Waals surface area contributed by atoms with E-state index in [0.717, 1.165) is 18.0 Å². The van der Waals surface area contributed by atoms with Crippen molar-refractivity contribution in [2.75, 3.05) is 6.54 Å². The lowest BCUT2D eigenvalue weighted by atomic mass is 9.97. The maximum Gasteiger partial charge on any atom is 0.192 e. The number of halogens is 1. The lowest BCUT2D eigenvalue weighted by Gasteiger charge is -2.12. The van der Waals surface area contributed by atoms with E-state index in [4.69, 9.17) is 9.83 Å². The Bertz CT molecular complexity index is 866. The second kappa shape index (κ2) is 8.05. The molecule has 27 heavy (non-hydrogen) atoms. The van der Waals surface area contributed by atoms with E-state index >= 15 is 0 Å². The van der Waals surface area contributed by atoms with Gasteiger partial charge in [0.1, 0.15) is 5.82 Å². The average molecular weight is 371 g/mol. The Hall–Kier alpha value is -2.47. The second-order valence-electron chi connectivity index (χ2n) is 7.24. The maximum atomic E-state index is 13.7. The third kappa shape index (κ3) is 4.83. The number of rotatable bonds is 8. The third-order valence-electron chi connectivity index (χ3n) is 4.73. The fourth-order valence-corrected chi connectivity index (χ4v) is 3.03. The molecule has 0 radical (unpaired) electrons. The molecule has 1 unspecified atom stereocenters. The van der Waals surface area contributed by atoms with E-state index in [-0.39, 0.29) is 0 Å². The number of aryl methyl sites for hydroxylation is 1. The van der Waals surface area contributed by atoms with Crippen LogP contribution in [0.5, 0.6) is 0 Å². The summed E-state index contributed by atoms with van der Waals surface area (Å²) >= 11 is 0. The molecule has 3 N–H and O–H groups in total. The molecule has 3 rings (SSSR count). The van der Waals surface area contributed by atoms with E-state index in [2.05, 4.69) is 10.3 Å². The van der Waals surface area contributed by atoms with Crippen LogP contribution >= 0.6 is 0 Å². The number of nitrogens with one attached hydrogen (secondary N) is 2. The first-order valence-corrected chi connectivity index (χ1v) is 9.27. The van der Waals surface area contributed by atoms with Crippen molar-refractivity contribution in [3.05, 3.63) is 52.9 Å². The Labute approximate surface area is 158 Å². The summed E-state index contributed by atoms with van der Waals surface area (Å²) in [7, 11) is 0. The number of hydrogen-bond donors (Lipinski definition) is 3. The molecule has 0 aliphatic heterocycles. The van der Waals surface area contributed by atoms with Crippen LogP contribution in [0.4, 0.5) is 4.39 Å². The zero-order valence-electron chi connectivity index (χ0n) is 16.0. The molecule has 1 aromatic heterocycles. The lowest BCUT2D eigenvalue weighted by molar-refractivity contribution is 0.199. The standard InChI is InChI=1S/C21H26FN3O2/c1-12(23)16(11-24-10-15-4-5-15)8-20-21(27-14(3)25-20)18-7-6-17(22)9-19(18)13(2)26/h6-7,9,11,13,15,23-24,26H,4-5,8,10H2,1-3H3/b16-11-,23-12?. The molecule has 5 nitrogen and oxygen atoms in total. The van der Waals surface area contributed by atoms with Gasteiger partial charge < -0.3 is 20.2 Å². The summed E-state index contributed by atoms with van der Waals surface area (Å²) in [5.74, 6) is 1.34. The molecule has 1 saturated carbocycles. The molecule has 1 aliphatic rings. The molecule has 1 atom stereocenters. The molecule has 1 aromatic carbocycles. The molecule has 0 spiro atoms. The van der Waals surface area contributed by atoms with E-state index in [9.17, 15) is 9.50 Å². The highest BCUT2D eigenvalue weighted by atomic mass is 19.1. The van der Waals surface area contributed by atoms with E-state index in [1.54, 1.807) is 26.8 Å². The molecule has 0 amide bonds. The number of oxazole rings is 1. The van der Waals surface area contributed by atoms with Crippen LogP contribution in [-0.2, 0) is 6.42 Å². The molecule has 2 aromatic rings. The summed E-state index contributed by atoms with van der Waals surface area (Å²) in [5.41, 5.74) is 3.03. The summed E-state index contributed by atoms with van der Waals surface area (Å²) < 4.78 is 19.5. The highest BCUT2D eigenvalue weighted by Gasteiger charge is 2.22. The third-order valence-corrected chi connectivity index (χ3v) is 4.73. The molecule has 0 bridgehead atoms. The van der Waals surface area contributed by atoms with E-state index in [1.165, 1.54) is 25.0 Å². The molecule has 1 aliphatic carbocycles. The minimum Gasteiger partial charge on any atom is -0.441 e. The van der Waals surface area contributed by atoms with Crippen molar-refractivity contribution in [3.8, 4) is 11.3 Å². The van der Waals surface area contributed by atoms with Gasteiger partial charge in [0.15, 0.2) is 11.7 Å². The van der Waals surface area contributed by atoms with Crippen molar-refractivity contribution >= 4 is 5.71 Å². The van der Waals surface area contributed by atoms with Crippen LogP contribution in [0.2, 0.25) is 0 Å². The largest absolute Gasteiger partial charge is 0.441 e. The van der Waals surface area contributed by atoms with Crippen molar-refractivity contribution in [1.29, 1.82) is 5.41 Å². The predicted octanol–water partition coefficient (Wildman–Crippen LogP) is 4.31. The Morgan fingerprint density at radius 3 is 2.85 bits per heavy atom. The van der Waals surface area contributed by atoms with Gasteiger partial charge in [-0.2, -0.15) is 0 Å². The Morgan fingerprint density at radius 2 is 2.22 bits per heavy atom. The highest BCUT2D eigenvalue weighted by molar-refractivity contribution is 5.96. The van der Waals surface area contributed by atoms with Crippen molar-refractivity contribution in [3.63, 3.8) is 0 Å².